The predicted molar refractivity (Wildman–Crippen MR) is 116 cm³/mol. The maximum absolute atomic E-state index is 12.7. The molecule has 2 aliphatic rings. The largest absolute Gasteiger partial charge is 1.00 e. The molecule has 3 amide bonds. The molecule has 35 heavy (non-hydrogen) atoms. The summed E-state index contributed by atoms with van der Waals surface area (Å²) in [5.41, 5.74) is 4.25. The van der Waals surface area contributed by atoms with Crippen molar-refractivity contribution in [1.29, 1.82) is 0 Å². The van der Waals surface area contributed by atoms with Crippen molar-refractivity contribution in [2.24, 2.45) is 5.16 Å². The van der Waals surface area contributed by atoms with Crippen LogP contribution in [-0.2, 0) is 29.0 Å². The number of carboxylic acids is 1. The Hall–Kier alpha value is -2.38. The Kier molecular flexibility index (Phi) is 9.54. The van der Waals surface area contributed by atoms with E-state index in [2.05, 4.69) is 20.2 Å². The number of aromatic nitrogens is 1. The maximum Gasteiger partial charge on any atom is 1.00 e. The van der Waals surface area contributed by atoms with Gasteiger partial charge in [-0.05, 0) is 5.57 Å². The van der Waals surface area contributed by atoms with Gasteiger partial charge in [0.15, 0.2) is 20.7 Å². The molecule has 1 aromatic rings. The number of nitrogens with one attached hydrogen (secondary N) is 2. The second-order valence-corrected chi connectivity index (χ2v) is 10.9. The van der Waals surface area contributed by atoms with Crippen LogP contribution in [0.3, 0.4) is 0 Å². The number of fused-ring (bicyclic) bond motifs is 1. The van der Waals surface area contributed by atoms with Gasteiger partial charge in [-0.1, -0.05) is 5.16 Å². The number of oxime groups is 1. The van der Waals surface area contributed by atoms with E-state index >= 15 is 0 Å². The second kappa shape index (κ2) is 11.6. The van der Waals surface area contributed by atoms with Crippen LogP contribution in [0.1, 0.15) is 5.69 Å². The number of sulfone groups is 1. The average molecular weight is 557 g/mol. The number of nitrogens with zero attached hydrogens (tertiary/aromatic N) is 3. The van der Waals surface area contributed by atoms with Crippen LogP contribution in [0.4, 0.5) is 9.93 Å². The molecular weight excluding hydrogens is 539 g/mol. The van der Waals surface area contributed by atoms with Crippen molar-refractivity contribution in [3.05, 3.63) is 22.3 Å². The number of anilines is 1. The van der Waals surface area contributed by atoms with Gasteiger partial charge in [-0.3, -0.25) is 14.5 Å². The third-order valence-corrected chi connectivity index (χ3v) is 8.01. The Morgan fingerprint density at radius 1 is 1.43 bits per heavy atom. The average Bonchev–Trinajstić information content (AvgIpc) is 3.21. The molecule has 0 aliphatic carbocycles. The summed E-state index contributed by atoms with van der Waals surface area (Å²) in [4.78, 5) is 52.7. The zero-order valence-electron chi connectivity index (χ0n) is 18.2. The number of carbonyl (C=O) groups excluding carboxylic acids is 4. The van der Waals surface area contributed by atoms with Crippen molar-refractivity contribution in [2.75, 3.05) is 30.2 Å². The summed E-state index contributed by atoms with van der Waals surface area (Å²) >= 11 is 2.01. The first kappa shape index (κ1) is 28.9. The van der Waals surface area contributed by atoms with Gasteiger partial charge in [-0.2, -0.15) is 0 Å². The van der Waals surface area contributed by atoms with Gasteiger partial charge in [-0.15, -0.1) is 23.1 Å². The molecule has 1 fully saturated rings. The van der Waals surface area contributed by atoms with E-state index < -0.39 is 68.2 Å². The number of amides is 3. The van der Waals surface area contributed by atoms with Gasteiger partial charge < -0.3 is 36.2 Å². The van der Waals surface area contributed by atoms with Gasteiger partial charge in [0, 0.05) is 11.1 Å². The molecule has 3 rings (SSSR count). The summed E-state index contributed by atoms with van der Waals surface area (Å²) in [6.45, 7) is 0. The molecule has 3 heterocycles. The molecule has 2 atom stereocenters. The molecule has 1 unspecified atom stereocenters. The van der Waals surface area contributed by atoms with E-state index in [9.17, 15) is 37.9 Å². The predicted octanol–water partition coefficient (Wildman–Crippen LogP) is -5.96. The van der Waals surface area contributed by atoms with Crippen LogP contribution >= 0.6 is 23.1 Å². The maximum atomic E-state index is 12.7. The number of thiazole rings is 1. The van der Waals surface area contributed by atoms with E-state index in [0.717, 1.165) is 35.1 Å². The number of β-lactam (4-membered cyclic amide) rings is 1. The number of thioether (sulfide) groups is 1. The summed E-state index contributed by atoms with van der Waals surface area (Å²) in [7, 11) is -2.96. The number of carbonyl (C=O) groups is 4. The summed E-state index contributed by atoms with van der Waals surface area (Å²) in [6, 6.07) is -1.18. The molecule has 2 aliphatic heterocycles. The van der Waals surface area contributed by atoms with E-state index in [1.54, 1.807) is 0 Å². The van der Waals surface area contributed by atoms with E-state index in [-0.39, 0.29) is 51.7 Å². The standard InChI is InChI=1S/C16H18N6O9S3.Na/c1-31-16(27)18-5-34(29,30)4-6-2-32-13-9(12(24)22(13)10(6)14(25)26)20-11(23)8(21-28)7-3-33-15(17)19-7;/h3,9,13,28H,2,4-5H2,1H3,(H2,17,19)(H,18,27)(H,20,23)(H,25,26);/q;+1/p-1/b21-8-;/t9?,13-;/m1./s1. The van der Waals surface area contributed by atoms with Gasteiger partial charge in [0.25, 0.3) is 11.8 Å². The van der Waals surface area contributed by atoms with Crippen molar-refractivity contribution < 1.29 is 72.2 Å². The zero-order valence-corrected chi connectivity index (χ0v) is 22.7. The summed E-state index contributed by atoms with van der Waals surface area (Å²) in [6.07, 6.45) is -0.988. The van der Waals surface area contributed by atoms with Crippen LogP contribution in [0.25, 0.3) is 0 Å². The summed E-state index contributed by atoms with van der Waals surface area (Å²) < 4.78 is 28.9. The first-order chi connectivity index (χ1) is 16.0. The Bertz CT molecular complexity index is 1210. The number of rotatable bonds is 8. The molecule has 19 heteroatoms. The fourth-order valence-electron chi connectivity index (χ4n) is 3.16. The van der Waals surface area contributed by atoms with Crippen LogP contribution in [0.2, 0.25) is 0 Å². The molecule has 15 nitrogen and oxygen atoms in total. The number of ether oxygens (including phenoxy) is 1. The molecule has 0 spiro atoms. The minimum atomic E-state index is -4.00. The van der Waals surface area contributed by atoms with Crippen LogP contribution < -0.4 is 51.0 Å². The van der Waals surface area contributed by atoms with E-state index in [1.165, 1.54) is 5.38 Å². The number of hydrogen-bond donors (Lipinski definition) is 4. The molecular formula is C16H17N6NaO9S3. The molecule has 184 valence electrons. The first-order valence-electron chi connectivity index (χ1n) is 9.13. The zero-order chi connectivity index (χ0) is 25.2. The van der Waals surface area contributed by atoms with Gasteiger partial charge in [0.2, 0.25) is 0 Å². The number of hydrogen-bond acceptors (Lipinski definition) is 14. The molecule has 1 aromatic heterocycles. The van der Waals surface area contributed by atoms with Gasteiger partial charge in [0.1, 0.15) is 23.0 Å². The van der Waals surface area contributed by atoms with Crippen LogP contribution in [0.15, 0.2) is 21.8 Å². The van der Waals surface area contributed by atoms with E-state index in [0.29, 0.717) is 0 Å². The molecule has 0 bridgehead atoms. The Morgan fingerprint density at radius 3 is 2.66 bits per heavy atom. The number of aliphatic carboxylic acids is 1. The second-order valence-electron chi connectivity index (χ2n) is 6.82. The molecule has 0 radical (unpaired) electrons. The van der Waals surface area contributed by atoms with Crippen LogP contribution in [0.5, 0.6) is 0 Å². The number of nitrogen functional groups attached to an aromatic ring is 1. The van der Waals surface area contributed by atoms with Gasteiger partial charge >= 0.3 is 35.7 Å². The smallest absolute Gasteiger partial charge is 0.543 e. The minimum absolute atomic E-state index is 0. The Morgan fingerprint density at radius 2 is 2.11 bits per heavy atom. The number of methoxy groups -OCH3 is 1. The molecule has 1 saturated heterocycles. The third kappa shape index (κ3) is 6.25. The van der Waals surface area contributed by atoms with Crippen molar-refractivity contribution in [1.82, 2.24) is 20.5 Å². The molecule has 0 aromatic carbocycles. The van der Waals surface area contributed by atoms with Crippen LogP contribution in [0, 0.1) is 0 Å². The minimum Gasteiger partial charge on any atom is -0.543 e. The van der Waals surface area contributed by atoms with Crippen molar-refractivity contribution in [3.63, 3.8) is 0 Å². The quantitative estimate of drug-likeness (QED) is 0.0770. The monoisotopic (exact) mass is 556 g/mol. The summed E-state index contributed by atoms with van der Waals surface area (Å²) in [5.74, 6) is -5.23. The number of nitrogens with two attached hydrogens (primary N) is 1. The fraction of sp³-hybridized carbons (Fsp3) is 0.375. The van der Waals surface area contributed by atoms with Crippen molar-refractivity contribution in [2.45, 2.75) is 11.4 Å². The normalized spacial score (nSPS) is 19.7. The Balaban J connectivity index is 0.00000432. The number of alkyl carbamates (subject to hydrolysis) is 1. The van der Waals surface area contributed by atoms with Crippen LogP contribution in [-0.4, -0.2) is 89.0 Å². The topological polar surface area (TPSA) is 234 Å². The first-order valence-corrected chi connectivity index (χ1v) is 12.9. The van der Waals surface area contributed by atoms with E-state index in [4.69, 9.17) is 5.73 Å². The molecule has 5 N–H and O–H groups in total. The summed E-state index contributed by atoms with van der Waals surface area (Å²) in [5, 5.41) is 28.8. The third-order valence-electron chi connectivity index (χ3n) is 4.62. The van der Waals surface area contributed by atoms with Crippen molar-refractivity contribution in [3.8, 4) is 0 Å². The number of carboxylic acid groups (broad SMARTS) is 1. The fourth-order valence-corrected chi connectivity index (χ4v) is 6.39. The van der Waals surface area contributed by atoms with E-state index in [1.807, 2.05) is 5.32 Å². The van der Waals surface area contributed by atoms with Gasteiger partial charge in [0.05, 0.1) is 24.5 Å². The van der Waals surface area contributed by atoms with Gasteiger partial charge in [-0.25, -0.2) is 18.2 Å². The van der Waals surface area contributed by atoms with Crippen molar-refractivity contribution >= 4 is 67.7 Å². The molecule has 0 saturated carbocycles. The Labute approximate surface area is 228 Å². The SMILES string of the molecule is COC(=O)NCS(=O)(=O)CC1=C(C(=O)[O-])N2C(=O)C(NC(=O)/C(=N\O)c3csc(N)n3)[C@H]2SC1.[Na+].